The smallest absolute Gasteiger partial charge is 0.434 e. The molecule has 0 N–H and O–H groups in total. The minimum atomic E-state index is -0.478. The van der Waals surface area contributed by atoms with Gasteiger partial charge in [0.05, 0.1) is 13.2 Å². The fraction of sp³-hybridized carbons (Fsp3) is 0.278. The molecule has 22 heavy (non-hydrogen) atoms. The van der Waals surface area contributed by atoms with Crippen molar-refractivity contribution in [1.29, 1.82) is 0 Å². The van der Waals surface area contributed by atoms with Crippen LogP contribution in [0.4, 0.5) is 4.79 Å². The highest BCUT2D eigenvalue weighted by Gasteiger charge is 2.20. The number of carbonyl (C=O) groups is 1. The number of benzene rings is 2. The Morgan fingerprint density at radius 1 is 1.05 bits per heavy atom. The van der Waals surface area contributed by atoms with Gasteiger partial charge in [0, 0.05) is 0 Å². The summed E-state index contributed by atoms with van der Waals surface area (Å²) >= 11 is 0. The molecule has 1 atom stereocenters. The predicted molar refractivity (Wildman–Crippen MR) is 84.9 cm³/mol. The minimum absolute atomic E-state index is 0.241. The number of hydrogen-bond acceptors (Lipinski definition) is 3. The number of nitrogens with zero attached hydrogens (tertiary/aromatic N) is 1. The molecule has 0 radical (unpaired) electrons. The lowest BCUT2D eigenvalue weighted by Gasteiger charge is -2.25. The van der Waals surface area contributed by atoms with Crippen molar-refractivity contribution < 1.29 is 14.4 Å². The SMILES string of the molecule is CCOC(=O)N(Cc1ccccc1)O[C@H](C)c1ccccc1. The van der Waals surface area contributed by atoms with E-state index in [4.69, 9.17) is 9.57 Å². The Hall–Kier alpha value is -2.33. The molecule has 0 aliphatic carbocycles. The maximum Gasteiger partial charge on any atom is 0.434 e. The van der Waals surface area contributed by atoms with E-state index in [0.29, 0.717) is 13.2 Å². The Labute approximate surface area is 131 Å². The number of amides is 1. The Kier molecular flexibility index (Phi) is 5.98. The van der Waals surface area contributed by atoms with Crippen LogP contribution < -0.4 is 0 Å². The van der Waals surface area contributed by atoms with E-state index >= 15 is 0 Å². The highest BCUT2D eigenvalue weighted by Crippen LogP contribution is 2.19. The lowest BCUT2D eigenvalue weighted by molar-refractivity contribution is -0.177. The monoisotopic (exact) mass is 299 g/mol. The van der Waals surface area contributed by atoms with Gasteiger partial charge in [-0.25, -0.2) is 4.79 Å². The van der Waals surface area contributed by atoms with Crippen molar-refractivity contribution in [3.63, 3.8) is 0 Å². The van der Waals surface area contributed by atoms with Crippen LogP contribution in [0, 0.1) is 0 Å². The number of hydroxylamine groups is 2. The van der Waals surface area contributed by atoms with E-state index in [0.717, 1.165) is 11.1 Å². The molecule has 2 aromatic rings. The molecule has 2 rings (SSSR count). The van der Waals surface area contributed by atoms with Crippen LogP contribution in [0.1, 0.15) is 31.1 Å². The molecule has 0 spiro atoms. The van der Waals surface area contributed by atoms with E-state index in [2.05, 4.69) is 0 Å². The molecular weight excluding hydrogens is 278 g/mol. The molecule has 116 valence electrons. The molecule has 0 aromatic heterocycles. The lowest BCUT2D eigenvalue weighted by atomic mass is 10.1. The van der Waals surface area contributed by atoms with Crippen molar-refractivity contribution in [2.75, 3.05) is 6.61 Å². The second kappa shape index (κ2) is 8.20. The van der Waals surface area contributed by atoms with Crippen LogP contribution in [0.5, 0.6) is 0 Å². The van der Waals surface area contributed by atoms with Gasteiger partial charge in [0.15, 0.2) is 0 Å². The van der Waals surface area contributed by atoms with Crippen molar-refractivity contribution in [2.24, 2.45) is 0 Å². The highest BCUT2D eigenvalue weighted by atomic mass is 16.7. The van der Waals surface area contributed by atoms with E-state index in [-0.39, 0.29) is 6.10 Å². The van der Waals surface area contributed by atoms with Crippen LogP contribution in [-0.4, -0.2) is 17.8 Å². The fourth-order valence-electron chi connectivity index (χ4n) is 2.07. The summed E-state index contributed by atoms with van der Waals surface area (Å²) in [6.45, 7) is 4.34. The maximum absolute atomic E-state index is 12.1. The van der Waals surface area contributed by atoms with Gasteiger partial charge in [-0.3, -0.25) is 4.84 Å². The van der Waals surface area contributed by atoms with Crippen LogP contribution in [0.2, 0.25) is 0 Å². The third-order valence-electron chi connectivity index (χ3n) is 3.19. The molecule has 2 aromatic carbocycles. The van der Waals surface area contributed by atoms with E-state index in [9.17, 15) is 4.79 Å². The average Bonchev–Trinajstić information content (AvgIpc) is 2.56. The fourth-order valence-corrected chi connectivity index (χ4v) is 2.07. The van der Waals surface area contributed by atoms with Crippen molar-refractivity contribution in [1.82, 2.24) is 5.06 Å². The van der Waals surface area contributed by atoms with E-state index < -0.39 is 6.09 Å². The third-order valence-corrected chi connectivity index (χ3v) is 3.19. The summed E-state index contributed by atoms with van der Waals surface area (Å²) in [5.41, 5.74) is 1.99. The maximum atomic E-state index is 12.1. The van der Waals surface area contributed by atoms with Gasteiger partial charge in [-0.1, -0.05) is 60.7 Å². The normalized spacial score (nSPS) is 11.7. The summed E-state index contributed by atoms with van der Waals surface area (Å²) in [4.78, 5) is 17.9. The first-order valence-electron chi connectivity index (χ1n) is 7.40. The van der Waals surface area contributed by atoms with Gasteiger partial charge in [-0.15, -0.1) is 0 Å². The minimum Gasteiger partial charge on any atom is -0.448 e. The molecule has 4 nitrogen and oxygen atoms in total. The van der Waals surface area contributed by atoms with Crippen LogP contribution in [0.3, 0.4) is 0 Å². The molecule has 0 aliphatic heterocycles. The number of carbonyl (C=O) groups excluding carboxylic acids is 1. The Balaban J connectivity index is 2.09. The number of rotatable bonds is 6. The zero-order valence-corrected chi connectivity index (χ0v) is 12.9. The Morgan fingerprint density at radius 2 is 1.64 bits per heavy atom. The van der Waals surface area contributed by atoms with Crippen LogP contribution in [0.15, 0.2) is 60.7 Å². The third kappa shape index (κ3) is 4.60. The van der Waals surface area contributed by atoms with Gasteiger partial charge < -0.3 is 4.74 Å². The van der Waals surface area contributed by atoms with Crippen LogP contribution in [-0.2, 0) is 16.1 Å². The Morgan fingerprint density at radius 3 is 2.23 bits per heavy atom. The second-order valence-electron chi connectivity index (χ2n) is 4.88. The van der Waals surface area contributed by atoms with Gasteiger partial charge in [0.25, 0.3) is 0 Å². The van der Waals surface area contributed by atoms with Crippen molar-refractivity contribution in [3.8, 4) is 0 Å². The van der Waals surface area contributed by atoms with Crippen LogP contribution in [0.25, 0.3) is 0 Å². The van der Waals surface area contributed by atoms with Gasteiger partial charge in [-0.2, -0.15) is 5.06 Å². The first-order chi connectivity index (χ1) is 10.7. The summed E-state index contributed by atoms with van der Waals surface area (Å²) < 4.78 is 5.07. The molecule has 0 unspecified atom stereocenters. The predicted octanol–water partition coefficient (Wildman–Crippen LogP) is 4.34. The van der Waals surface area contributed by atoms with Gasteiger partial charge >= 0.3 is 6.09 Å². The lowest BCUT2D eigenvalue weighted by Crippen LogP contribution is -2.32. The van der Waals surface area contributed by atoms with Gasteiger partial charge in [0.1, 0.15) is 6.10 Å². The summed E-state index contributed by atoms with van der Waals surface area (Å²) in [5.74, 6) is 0. The van der Waals surface area contributed by atoms with Crippen molar-refractivity contribution >= 4 is 6.09 Å². The standard InChI is InChI=1S/C18H21NO3/c1-3-21-18(20)19(14-16-10-6-4-7-11-16)22-15(2)17-12-8-5-9-13-17/h4-13,15H,3,14H2,1-2H3/t15-/m1/s1. The molecule has 0 fully saturated rings. The average molecular weight is 299 g/mol. The topological polar surface area (TPSA) is 38.8 Å². The van der Waals surface area contributed by atoms with Gasteiger partial charge in [-0.05, 0) is 25.0 Å². The second-order valence-corrected chi connectivity index (χ2v) is 4.88. The molecule has 0 saturated heterocycles. The summed E-state index contributed by atoms with van der Waals surface area (Å²) in [5, 5.41) is 1.27. The largest absolute Gasteiger partial charge is 0.448 e. The Bertz CT molecular complexity index is 571. The summed E-state index contributed by atoms with van der Waals surface area (Å²) in [6.07, 6.45) is -0.719. The first-order valence-corrected chi connectivity index (χ1v) is 7.40. The molecule has 1 amide bonds. The highest BCUT2D eigenvalue weighted by molar-refractivity contribution is 5.66. The zero-order chi connectivity index (χ0) is 15.8. The van der Waals surface area contributed by atoms with Crippen molar-refractivity contribution in [2.45, 2.75) is 26.5 Å². The molecule has 0 saturated carbocycles. The van der Waals surface area contributed by atoms with E-state index in [1.807, 2.05) is 67.6 Å². The first kappa shape index (κ1) is 16.0. The van der Waals surface area contributed by atoms with Crippen LogP contribution >= 0.6 is 0 Å². The molecular formula is C18H21NO3. The van der Waals surface area contributed by atoms with Crippen molar-refractivity contribution in [3.05, 3.63) is 71.8 Å². The quantitative estimate of drug-likeness (QED) is 0.745. The van der Waals surface area contributed by atoms with E-state index in [1.54, 1.807) is 6.92 Å². The zero-order valence-electron chi connectivity index (χ0n) is 12.9. The van der Waals surface area contributed by atoms with E-state index in [1.165, 1.54) is 5.06 Å². The van der Waals surface area contributed by atoms with Gasteiger partial charge in [0.2, 0.25) is 0 Å². The molecule has 0 aliphatic rings. The summed E-state index contributed by atoms with van der Waals surface area (Å²) in [6, 6.07) is 19.5. The number of hydrogen-bond donors (Lipinski definition) is 0. The summed E-state index contributed by atoms with van der Waals surface area (Å²) in [7, 11) is 0. The number of ether oxygens (including phenoxy) is 1. The molecule has 0 heterocycles. The molecule has 0 bridgehead atoms. The molecule has 4 heteroatoms.